The Hall–Kier alpha value is -3.43. The van der Waals surface area contributed by atoms with E-state index in [1.807, 2.05) is 13.8 Å². The molecule has 2 aliphatic carbocycles. The third kappa shape index (κ3) is 7.52. The molecule has 1 aromatic carbocycles. The number of guanidine groups is 1. The van der Waals surface area contributed by atoms with Crippen LogP contribution in [0.3, 0.4) is 0 Å². The molecule has 8 N–H and O–H groups in total. The summed E-state index contributed by atoms with van der Waals surface area (Å²) >= 11 is 5.95. The Balaban J connectivity index is 1.38. The molecule has 0 radical (unpaired) electrons. The van der Waals surface area contributed by atoms with E-state index in [0.717, 1.165) is 6.42 Å². The van der Waals surface area contributed by atoms with Crippen LogP contribution in [0.15, 0.2) is 18.2 Å². The minimum Gasteiger partial charge on any atom is -0.506 e. The maximum absolute atomic E-state index is 13.4. The van der Waals surface area contributed by atoms with Gasteiger partial charge < -0.3 is 31.7 Å². The minimum atomic E-state index is -3.99. The highest BCUT2D eigenvalue weighted by Crippen LogP contribution is 2.64. The summed E-state index contributed by atoms with van der Waals surface area (Å²) in [6.07, 6.45) is 3.05. The number of nitrogens with one attached hydrogen (secondary N) is 5. The summed E-state index contributed by atoms with van der Waals surface area (Å²) in [5.41, 5.74) is 4.21. The molecule has 4 rings (SSSR count). The van der Waals surface area contributed by atoms with E-state index < -0.39 is 57.2 Å². The van der Waals surface area contributed by atoms with Gasteiger partial charge in [0, 0.05) is 30.6 Å². The van der Waals surface area contributed by atoms with Gasteiger partial charge in [-0.2, -0.15) is 0 Å². The van der Waals surface area contributed by atoms with Crippen LogP contribution in [0.5, 0.6) is 5.75 Å². The SMILES string of the molecule is CC1(C)C2CCC1(CS(=O)(=O)NCC(=O)N1CCC[C@H]1C(=O)N[C@@H](CCCNC(=N)N)C(=O)Nc1ccc(O)c(Cl)c1)C(=O)C2. The summed E-state index contributed by atoms with van der Waals surface area (Å²) in [6.45, 7) is 3.84. The van der Waals surface area contributed by atoms with Gasteiger partial charge in [-0.1, -0.05) is 25.4 Å². The van der Waals surface area contributed by atoms with Crippen molar-refractivity contribution in [3.63, 3.8) is 0 Å². The van der Waals surface area contributed by atoms with Gasteiger partial charge in [-0.25, -0.2) is 13.1 Å². The molecule has 1 heterocycles. The number of ketones is 1. The number of phenolic OH excluding ortho intramolecular Hbond substituents is 1. The normalized spacial score (nSPS) is 24.3. The van der Waals surface area contributed by atoms with Crippen molar-refractivity contribution in [1.82, 2.24) is 20.3 Å². The lowest BCUT2D eigenvalue weighted by Gasteiger charge is -2.36. The predicted octanol–water partition coefficient (Wildman–Crippen LogP) is 1.04. The van der Waals surface area contributed by atoms with E-state index in [0.29, 0.717) is 37.8 Å². The number of carbonyl (C=O) groups excluding carboxylic acids is 4. The third-order valence-corrected chi connectivity index (χ3v) is 11.5. The first kappa shape index (κ1) is 34.4. The first-order valence-corrected chi connectivity index (χ1v) is 17.1. The van der Waals surface area contributed by atoms with Crippen molar-refractivity contribution in [3.05, 3.63) is 23.2 Å². The Bertz CT molecular complexity index is 1470. The van der Waals surface area contributed by atoms with Gasteiger partial charge in [0.2, 0.25) is 27.7 Å². The van der Waals surface area contributed by atoms with Crippen LogP contribution in [0.2, 0.25) is 5.02 Å². The smallest absolute Gasteiger partial charge is 0.246 e. The lowest BCUT2D eigenvalue weighted by Crippen LogP contribution is -2.53. The average molecular weight is 668 g/mol. The van der Waals surface area contributed by atoms with Crippen molar-refractivity contribution in [3.8, 4) is 5.75 Å². The molecule has 45 heavy (non-hydrogen) atoms. The summed E-state index contributed by atoms with van der Waals surface area (Å²) < 4.78 is 28.6. The molecule has 0 spiro atoms. The van der Waals surface area contributed by atoms with Gasteiger partial charge in [0.05, 0.1) is 17.3 Å². The molecule has 3 aliphatic rings. The van der Waals surface area contributed by atoms with Crippen LogP contribution in [-0.4, -0.2) is 85.4 Å². The summed E-state index contributed by atoms with van der Waals surface area (Å²) in [7, 11) is -3.99. The van der Waals surface area contributed by atoms with E-state index in [4.69, 9.17) is 22.7 Å². The molecule has 1 saturated heterocycles. The van der Waals surface area contributed by atoms with Crippen molar-refractivity contribution >= 4 is 56.8 Å². The maximum Gasteiger partial charge on any atom is 0.246 e. The quantitative estimate of drug-likeness (QED) is 0.0689. The number of phenols is 1. The van der Waals surface area contributed by atoms with Gasteiger partial charge in [0.25, 0.3) is 0 Å². The molecule has 248 valence electrons. The van der Waals surface area contributed by atoms with Gasteiger partial charge in [-0.05, 0) is 68.1 Å². The number of hydrogen-bond donors (Lipinski definition) is 7. The van der Waals surface area contributed by atoms with Crippen LogP contribution in [0.1, 0.15) is 58.8 Å². The zero-order valence-corrected chi connectivity index (χ0v) is 27.0. The van der Waals surface area contributed by atoms with E-state index in [-0.39, 0.29) is 53.7 Å². The van der Waals surface area contributed by atoms with Crippen LogP contribution in [-0.2, 0) is 29.2 Å². The molecule has 3 amide bonds. The van der Waals surface area contributed by atoms with E-state index in [2.05, 4.69) is 20.7 Å². The number of rotatable bonds is 13. The molecule has 2 unspecified atom stereocenters. The van der Waals surface area contributed by atoms with E-state index in [1.54, 1.807) is 0 Å². The number of Topliss-reactive ketones (excluding diaryl/α,β-unsaturated/α-hetero) is 1. The Kier molecular flexibility index (Phi) is 10.3. The van der Waals surface area contributed by atoms with Crippen LogP contribution in [0.25, 0.3) is 0 Å². The van der Waals surface area contributed by atoms with Gasteiger partial charge in [0.15, 0.2) is 5.96 Å². The summed E-state index contributed by atoms with van der Waals surface area (Å²) in [5, 5.41) is 25.0. The average Bonchev–Trinajstić information content (AvgIpc) is 3.59. The molecule has 3 fully saturated rings. The fourth-order valence-electron chi connectivity index (χ4n) is 6.97. The highest BCUT2D eigenvalue weighted by atomic mass is 35.5. The van der Waals surface area contributed by atoms with Gasteiger partial charge >= 0.3 is 0 Å². The number of halogens is 1. The number of hydrogen-bond acceptors (Lipinski definition) is 8. The Morgan fingerprint density at radius 3 is 2.60 bits per heavy atom. The molecular formula is C29H42ClN7O7S. The molecular weight excluding hydrogens is 626 g/mol. The molecule has 0 aromatic heterocycles. The monoisotopic (exact) mass is 667 g/mol. The highest BCUT2D eigenvalue weighted by Gasteiger charge is 2.65. The number of aromatic hydroxyl groups is 1. The third-order valence-electron chi connectivity index (χ3n) is 9.73. The lowest BCUT2D eigenvalue weighted by atomic mass is 9.70. The number of benzene rings is 1. The number of anilines is 1. The van der Waals surface area contributed by atoms with Crippen molar-refractivity contribution in [1.29, 1.82) is 5.41 Å². The summed E-state index contributed by atoms with van der Waals surface area (Å²) in [4.78, 5) is 53.9. The van der Waals surface area contributed by atoms with Crippen molar-refractivity contribution in [2.75, 3.05) is 30.7 Å². The summed E-state index contributed by atoms with van der Waals surface area (Å²) in [6, 6.07) is 2.17. The van der Waals surface area contributed by atoms with E-state index in [1.165, 1.54) is 23.1 Å². The Labute approximate surface area is 267 Å². The zero-order valence-electron chi connectivity index (χ0n) is 25.4. The van der Waals surface area contributed by atoms with E-state index >= 15 is 0 Å². The van der Waals surface area contributed by atoms with Gasteiger partial charge in [0.1, 0.15) is 23.6 Å². The van der Waals surface area contributed by atoms with Crippen LogP contribution >= 0.6 is 11.6 Å². The molecule has 2 saturated carbocycles. The zero-order chi connectivity index (χ0) is 33.2. The molecule has 16 heteroatoms. The lowest BCUT2D eigenvalue weighted by molar-refractivity contribution is -0.138. The fraction of sp³-hybridized carbons (Fsp3) is 0.621. The second-order valence-electron chi connectivity index (χ2n) is 12.7. The maximum atomic E-state index is 13.4. The number of fused-ring (bicyclic) bond motifs is 2. The number of likely N-dealkylation sites (tertiary alicyclic amines) is 1. The fourth-order valence-corrected chi connectivity index (χ4v) is 8.93. The van der Waals surface area contributed by atoms with E-state index in [9.17, 15) is 32.7 Å². The largest absolute Gasteiger partial charge is 0.506 e. The first-order valence-electron chi connectivity index (χ1n) is 15.0. The van der Waals surface area contributed by atoms with Crippen molar-refractivity contribution in [2.24, 2.45) is 22.5 Å². The van der Waals surface area contributed by atoms with Gasteiger partial charge in [-0.3, -0.25) is 24.6 Å². The van der Waals surface area contributed by atoms with Crippen molar-refractivity contribution in [2.45, 2.75) is 70.9 Å². The highest BCUT2D eigenvalue weighted by molar-refractivity contribution is 7.89. The van der Waals surface area contributed by atoms with Crippen LogP contribution < -0.4 is 26.4 Å². The number of amides is 3. The summed E-state index contributed by atoms with van der Waals surface area (Å²) in [5.74, 6) is -2.37. The number of carbonyl (C=O) groups is 4. The Morgan fingerprint density at radius 1 is 1.24 bits per heavy atom. The first-order chi connectivity index (χ1) is 21.1. The second kappa shape index (κ2) is 13.5. The molecule has 2 bridgehead atoms. The topological polar surface area (TPSA) is 224 Å². The van der Waals surface area contributed by atoms with Crippen molar-refractivity contribution < 1.29 is 32.7 Å². The number of nitrogens with zero attached hydrogens (tertiary/aromatic N) is 1. The number of nitrogens with two attached hydrogens (primary N) is 1. The second-order valence-corrected chi connectivity index (χ2v) is 14.9. The molecule has 4 atom stereocenters. The molecule has 1 aromatic rings. The molecule has 1 aliphatic heterocycles. The Morgan fingerprint density at radius 2 is 1.98 bits per heavy atom. The van der Waals surface area contributed by atoms with Gasteiger partial charge in [-0.15, -0.1) is 0 Å². The predicted molar refractivity (Wildman–Crippen MR) is 168 cm³/mol. The standard InChI is InChI=1S/C29H42ClN7O7S/c1-28(2)17-9-10-29(28,23(39)13-17)16-45(43,44)34-15-24(40)37-12-4-6-21(37)26(42)36-20(5-3-11-33-27(31)32)25(41)35-18-7-8-22(38)19(30)14-18/h7-8,14,17,20-21,34,38H,3-6,9-13,15-16H2,1-2H3,(H,35,41)(H,36,42)(H4,31,32,33)/t17?,20-,21-,29?/m0/s1. The van der Waals surface area contributed by atoms with Crippen LogP contribution in [0, 0.1) is 22.2 Å². The van der Waals surface area contributed by atoms with Crippen LogP contribution in [0.4, 0.5) is 5.69 Å². The minimum absolute atomic E-state index is 0.0282. The number of sulfonamides is 1. The molecule has 14 nitrogen and oxygen atoms in total.